The normalized spacial score (nSPS) is 9.08. The maximum Gasteiger partial charge on any atom is 0.138 e. The molecule has 68 valence electrons. The van der Waals surface area contributed by atoms with E-state index in [1.165, 1.54) is 0 Å². The summed E-state index contributed by atoms with van der Waals surface area (Å²) in [6, 6.07) is 7.67. The maximum atomic E-state index is 8.92. The van der Waals surface area contributed by atoms with Crippen LogP contribution < -0.4 is 9.64 Å². The minimum Gasteiger partial charge on any atom is -0.495 e. The van der Waals surface area contributed by atoms with Crippen molar-refractivity contribution in [3.63, 3.8) is 0 Å². The van der Waals surface area contributed by atoms with Gasteiger partial charge in [-0.15, -0.1) is 0 Å². The van der Waals surface area contributed by atoms with Gasteiger partial charge < -0.3 is 9.64 Å². The first-order valence-corrected chi connectivity index (χ1v) is 3.95. The number of benzene rings is 1. The van der Waals surface area contributed by atoms with Crippen LogP contribution in [0.2, 0.25) is 0 Å². The van der Waals surface area contributed by atoms with Gasteiger partial charge in [0.25, 0.3) is 0 Å². The molecule has 0 fully saturated rings. The highest BCUT2D eigenvalue weighted by atomic mass is 16.5. The predicted octanol–water partition coefficient (Wildman–Crippen LogP) is 1.63. The Bertz CT molecular complexity index is 339. The summed E-state index contributed by atoms with van der Waals surface area (Å²) in [5, 5.41) is 8.92. The van der Waals surface area contributed by atoms with E-state index in [0.717, 1.165) is 5.69 Å². The van der Waals surface area contributed by atoms with Gasteiger partial charge >= 0.3 is 0 Å². The topological polar surface area (TPSA) is 36.3 Å². The lowest BCUT2D eigenvalue weighted by Crippen LogP contribution is -2.10. The Hall–Kier alpha value is -1.69. The SMILES string of the molecule is COc1cccc(N(C)C)c1C#N. The van der Waals surface area contributed by atoms with Crippen LogP contribution in [-0.2, 0) is 0 Å². The summed E-state index contributed by atoms with van der Waals surface area (Å²) in [6.45, 7) is 0. The Morgan fingerprint density at radius 2 is 2.08 bits per heavy atom. The Morgan fingerprint density at radius 1 is 1.38 bits per heavy atom. The number of nitrogens with zero attached hydrogens (tertiary/aromatic N) is 2. The van der Waals surface area contributed by atoms with E-state index in [9.17, 15) is 0 Å². The minimum atomic E-state index is 0.579. The van der Waals surface area contributed by atoms with E-state index in [0.29, 0.717) is 11.3 Å². The summed E-state index contributed by atoms with van der Waals surface area (Å²) in [7, 11) is 5.36. The van der Waals surface area contributed by atoms with Crippen LogP contribution in [0.25, 0.3) is 0 Å². The molecule has 0 radical (unpaired) electrons. The van der Waals surface area contributed by atoms with E-state index in [2.05, 4.69) is 6.07 Å². The number of nitriles is 1. The number of hydrogen-bond donors (Lipinski definition) is 0. The first-order valence-electron chi connectivity index (χ1n) is 3.95. The van der Waals surface area contributed by atoms with Crippen molar-refractivity contribution < 1.29 is 4.74 Å². The second kappa shape index (κ2) is 3.81. The molecule has 0 spiro atoms. The highest BCUT2D eigenvalue weighted by molar-refractivity contribution is 5.64. The van der Waals surface area contributed by atoms with Crippen LogP contribution in [0.3, 0.4) is 0 Å². The summed E-state index contributed by atoms with van der Waals surface area (Å²) in [4.78, 5) is 1.89. The molecule has 0 aliphatic heterocycles. The van der Waals surface area contributed by atoms with Crippen LogP contribution in [0, 0.1) is 11.3 Å². The van der Waals surface area contributed by atoms with Gasteiger partial charge in [-0.05, 0) is 12.1 Å². The lowest BCUT2D eigenvalue weighted by Gasteiger charge is -2.15. The van der Waals surface area contributed by atoms with E-state index in [1.54, 1.807) is 13.2 Å². The van der Waals surface area contributed by atoms with Crippen LogP contribution in [0.5, 0.6) is 5.75 Å². The molecule has 0 saturated carbocycles. The van der Waals surface area contributed by atoms with Crippen LogP contribution in [-0.4, -0.2) is 21.2 Å². The van der Waals surface area contributed by atoms with Crippen LogP contribution >= 0.6 is 0 Å². The average molecular weight is 176 g/mol. The van der Waals surface area contributed by atoms with E-state index in [4.69, 9.17) is 10.00 Å². The van der Waals surface area contributed by atoms with Crippen molar-refractivity contribution in [1.29, 1.82) is 5.26 Å². The fraction of sp³-hybridized carbons (Fsp3) is 0.300. The van der Waals surface area contributed by atoms with Crippen molar-refractivity contribution in [3.05, 3.63) is 23.8 Å². The molecule has 1 aromatic rings. The Labute approximate surface area is 78.2 Å². The van der Waals surface area contributed by atoms with Gasteiger partial charge in [-0.2, -0.15) is 5.26 Å². The number of anilines is 1. The minimum absolute atomic E-state index is 0.579. The largest absolute Gasteiger partial charge is 0.495 e. The van der Waals surface area contributed by atoms with Crippen molar-refractivity contribution in [1.82, 2.24) is 0 Å². The third-order valence-electron chi connectivity index (χ3n) is 1.82. The fourth-order valence-electron chi connectivity index (χ4n) is 1.17. The molecule has 0 saturated heterocycles. The highest BCUT2D eigenvalue weighted by Gasteiger charge is 2.08. The van der Waals surface area contributed by atoms with Gasteiger partial charge in [-0.1, -0.05) is 6.07 Å². The smallest absolute Gasteiger partial charge is 0.138 e. The van der Waals surface area contributed by atoms with Crippen molar-refractivity contribution in [2.24, 2.45) is 0 Å². The zero-order chi connectivity index (χ0) is 9.84. The zero-order valence-corrected chi connectivity index (χ0v) is 8.03. The first kappa shape index (κ1) is 9.40. The van der Waals surface area contributed by atoms with E-state index < -0.39 is 0 Å². The molecule has 0 amide bonds. The van der Waals surface area contributed by atoms with Gasteiger partial charge in [0.15, 0.2) is 0 Å². The Kier molecular flexibility index (Phi) is 2.76. The fourth-order valence-corrected chi connectivity index (χ4v) is 1.17. The molecule has 0 heterocycles. The molecule has 0 aromatic heterocycles. The predicted molar refractivity (Wildman–Crippen MR) is 52.0 cm³/mol. The average Bonchev–Trinajstić information content (AvgIpc) is 2.16. The molecule has 13 heavy (non-hydrogen) atoms. The summed E-state index contributed by atoms with van der Waals surface area (Å²) < 4.78 is 5.08. The molecule has 1 rings (SSSR count). The Morgan fingerprint density at radius 3 is 2.54 bits per heavy atom. The van der Waals surface area contributed by atoms with Crippen molar-refractivity contribution in [2.45, 2.75) is 0 Å². The molecule has 0 N–H and O–H groups in total. The van der Waals surface area contributed by atoms with Gasteiger partial charge in [0.2, 0.25) is 0 Å². The van der Waals surface area contributed by atoms with Crippen LogP contribution in [0.1, 0.15) is 5.56 Å². The number of methoxy groups -OCH3 is 1. The van der Waals surface area contributed by atoms with Crippen molar-refractivity contribution in [3.8, 4) is 11.8 Å². The molecule has 0 aliphatic carbocycles. The number of rotatable bonds is 2. The Balaban J connectivity index is 3.29. The first-order chi connectivity index (χ1) is 6.20. The summed E-state index contributed by atoms with van der Waals surface area (Å²) >= 11 is 0. The summed E-state index contributed by atoms with van der Waals surface area (Å²) in [5.74, 6) is 0.619. The standard InChI is InChI=1S/C10H12N2O/c1-12(2)9-5-4-6-10(13-3)8(9)7-11/h4-6H,1-3H3. The lowest BCUT2D eigenvalue weighted by molar-refractivity contribution is 0.413. The molecular formula is C10H12N2O. The molecule has 0 aliphatic rings. The summed E-state index contributed by atoms with van der Waals surface area (Å²) in [5.41, 5.74) is 1.46. The maximum absolute atomic E-state index is 8.92. The molecule has 3 heteroatoms. The molecule has 1 aromatic carbocycles. The molecule has 0 bridgehead atoms. The molecular weight excluding hydrogens is 164 g/mol. The van der Waals surface area contributed by atoms with Crippen molar-refractivity contribution in [2.75, 3.05) is 26.1 Å². The van der Waals surface area contributed by atoms with Gasteiger partial charge in [0.05, 0.1) is 12.8 Å². The molecule has 0 unspecified atom stereocenters. The zero-order valence-electron chi connectivity index (χ0n) is 8.03. The molecule has 3 nitrogen and oxygen atoms in total. The highest BCUT2D eigenvalue weighted by Crippen LogP contribution is 2.26. The van der Waals surface area contributed by atoms with Crippen molar-refractivity contribution >= 4 is 5.69 Å². The van der Waals surface area contributed by atoms with E-state index in [1.807, 2.05) is 31.1 Å². The summed E-state index contributed by atoms with van der Waals surface area (Å²) in [6.07, 6.45) is 0. The quantitative estimate of drug-likeness (QED) is 0.687. The second-order valence-corrected chi connectivity index (χ2v) is 2.86. The lowest BCUT2D eigenvalue weighted by atomic mass is 10.1. The monoisotopic (exact) mass is 176 g/mol. The van der Waals surface area contributed by atoms with Gasteiger partial charge in [0, 0.05) is 14.1 Å². The van der Waals surface area contributed by atoms with Crippen LogP contribution in [0.4, 0.5) is 5.69 Å². The van der Waals surface area contributed by atoms with Gasteiger partial charge in [-0.3, -0.25) is 0 Å². The third-order valence-corrected chi connectivity index (χ3v) is 1.82. The van der Waals surface area contributed by atoms with Crippen LogP contribution in [0.15, 0.2) is 18.2 Å². The second-order valence-electron chi connectivity index (χ2n) is 2.86. The van der Waals surface area contributed by atoms with E-state index in [-0.39, 0.29) is 0 Å². The number of ether oxygens (including phenoxy) is 1. The van der Waals surface area contributed by atoms with E-state index >= 15 is 0 Å². The van der Waals surface area contributed by atoms with Gasteiger partial charge in [-0.25, -0.2) is 0 Å². The number of hydrogen-bond acceptors (Lipinski definition) is 3. The van der Waals surface area contributed by atoms with Gasteiger partial charge in [0.1, 0.15) is 17.4 Å². The third kappa shape index (κ3) is 1.73. The molecule has 0 atom stereocenters.